The SMILES string of the molecule is Cc1cc(COCC2CCCCN2)on1. The minimum atomic E-state index is 0.516. The summed E-state index contributed by atoms with van der Waals surface area (Å²) < 4.78 is 10.6. The van der Waals surface area contributed by atoms with Gasteiger partial charge in [0.15, 0.2) is 5.76 Å². The lowest BCUT2D eigenvalue weighted by Crippen LogP contribution is -2.37. The first-order chi connectivity index (χ1) is 7.34. The minimum absolute atomic E-state index is 0.516. The highest BCUT2D eigenvalue weighted by Gasteiger charge is 2.12. The number of aryl methyl sites for hydroxylation is 1. The van der Waals surface area contributed by atoms with Gasteiger partial charge in [-0.25, -0.2) is 0 Å². The highest BCUT2D eigenvalue weighted by molar-refractivity contribution is 5.01. The van der Waals surface area contributed by atoms with E-state index in [0.717, 1.165) is 24.6 Å². The average molecular weight is 210 g/mol. The maximum atomic E-state index is 5.58. The van der Waals surface area contributed by atoms with Crippen molar-refractivity contribution in [2.24, 2.45) is 0 Å². The van der Waals surface area contributed by atoms with Gasteiger partial charge in [-0.2, -0.15) is 0 Å². The molecule has 1 aromatic rings. The largest absolute Gasteiger partial charge is 0.372 e. The predicted octanol–water partition coefficient (Wildman–Crippen LogP) is 1.64. The van der Waals surface area contributed by atoms with E-state index >= 15 is 0 Å². The molecule has 1 aliphatic rings. The minimum Gasteiger partial charge on any atom is -0.372 e. The van der Waals surface area contributed by atoms with E-state index < -0.39 is 0 Å². The number of ether oxygens (including phenoxy) is 1. The maximum Gasteiger partial charge on any atom is 0.162 e. The third-order valence-electron chi connectivity index (χ3n) is 2.65. The van der Waals surface area contributed by atoms with Crippen molar-refractivity contribution in [3.63, 3.8) is 0 Å². The Kier molecular flexibility index (Phi) is 3.75. The van der Waals surface area contributed by atoms with Gasteiger partial charge in [0.05, 0.1) is 12.3 Å². The molecule has 0 amide bonds. The predicted molar refractivity (Wildman–Crippen MR) is 56.5 cm³/mol. The van der Waals surface area contributed by atoms with Crippen LogP contribution in [0.25, 0.3) is 0 Å². The monoisotopic (exact) mass is 210 g/mol. The van der Waals surface area contributed by atoms with Crippen LogP contribution in [0.3, 0.4) is 0 Å². The molecule has 1 aliphatic heterocycles. The van der Waals surface area contributed by atoms with Gasteiger partial charge in [-0.3, -0.25) is 0 Å². The van der Waals surface area contributed by atoms with Crippen molar-refractivity contribution < 1.29 is 9.26 Å². The van der Waals surface area contributed by atoms with Crippen LogP contribution in [-0.4, -0.2) is 24.4 Å². The van der Waals surface area contributed by atoms with Crippen LogP contribution >= 0.6 is 0 Å². The summed E-state index contributed by atoms with van der Waals surface area (Å²) in [6.07, 6.45) is 3.82. The fraction of sp³-hybridized carbons (Fsp3) is 0.727. The van der Waals surface area contributed by atoms with Gasteiger partial charge in [-0.1, -0.05) is 11.6 Å². The Morgan fingerprint density at radius 1 is 1.60 bits per heavy atom. The van der Waals surface area contributed by atoms with Crippen LogP contribution < -0.4 is 5.32 Å². The van der Waals surface area contributed by atoms with Gasteiger partial charge < -0.3 is 14.6 Å². The van der Waals surface area contributed by atoms with Gasteiger partial charge in [-0.05, 0) is 26.3 Å². The number of nitrogens with one attached hydrogen (secondary N) is 1. The Morgan fingerprint density at radius 3 is 3.20 bits per heavy atom. The summed E-state index contributed by atoms with van der Waals surface area (Å²) in [6.45, 7) is 4.32. The quantitative estimate of drug-likeness (QED) is 0.820. The molecule has 1 N–H and O–H groups in total. The molecule has 2 rings (SSSR count). The molecule has 15 heavy (non-hydrogen) atoms. The Balaban J connectivity index is 1.65. The first-order valence-electron chi connectivity index (χ1n) is 5.58. The molecular weight excluding hydrogens is 192 g/mol. The van der Waals surface area contributed by atoms with Crippen molar-refractivity contribution in [2.45, 2.75) is 38.8 Å². The highest BCUT2D eigenvalue weighted by Crippen LogP contribution is 2.09. The fourth-order valence-electron chi connectivity index (χ4n) is 1.85. The van der Waals surface area contributed by atoms with E-state index in [9.17, 15) is 0 Å². The van der Waals surface area contributed by atoms with Gasteiger partial charge in [0.25, 0.3) is 0 Å². The summed E-state index contributed by atoms with van der Waals surface area (Å²) >= 11 is 0. The molecule has 1 saturated heterocycles. The number of hydrogen-bond acceptors (Lipinski definition) is 4. The zero-order valence-electron chi connectivity index (χ0n) is 9.16. The third-order valence-corrected chi connectivity index (χ3v) is 2.65. The average Bonchev–Trinajstić information content (AvgIpc) is 2.66. The van der Waals surface area contributed by atoms with E-state index in [1.165, 1.54) is 19.3 Å². The van der Waals surface area contributed by atoms with Crippen LogP contribution in [0.15, 0.2) is 10.6 Å². The Labute approximate surface area is 90.0 Å². The molecule has 0 aliphatic carbocycles. The molecule has 0 spiro atoms. The van der Waals surface area contributed by atoms with Gasteiger partial charge in [0, 0.05) is 12.1 Å². The topological polar surface area (TPSA) is 47.3 Å². The van der Waals surface area contributed by atoms with Gasteiger partial charge in [-0.15, -0.1) is 0 Å². The van der Waals surface area contributed by atoms with Crippen molar-refractivity contribution >= 4 is 0 Å². The van der Waals surface area contributed by atoms with Crippen LogP contribution in [0.1, 0.15) is 30.7 Å². The van der Waals surface area contributed by atoms with E-state index in [0.29, 0.717) is 12.6 Å². The van der Waals surface area contributed by atoms with E-state index in [1.807, 2.05) is 13.0 Å². The van der Waals surface area contributed by atoms with Crippen molar-refractivity contribution in [2.75, 3.05) is 13.2 Å². The maximum absolute atomic E-state index is 5.58. The van der Waals surface area contributed by atoms with Crippen LogP contribution in [0, 0.1) is 6.92 Å². The van der Waals surface area contributed by atoms with Crippen LogP contribution in [0.5, 0.6) is 0 Å². The molecule has 0 radical (unpaired) electrons. The molecule has 0 bridgehead atoms. The van der Waals surface area contributed by atoms with E-state index in [1.54, 1.807) is 0 Å². The number of aromatic nitrogens is 1. The summed E-state index contributed by atoms with van der Waals surface area (Å²) in [6, 6.07) is 2.43. The van der Waals surface area contributed by atoms with Crippen molar-refractivity contribution in [3.8, 4) is 0 Å². The molecule has 2 heterocycles. The first kappa shape index (κ1) is 10.6. The van der Waals surface area contributed by atoms with Gasteiger partial charge in [0.1, 0.15) is 6.61 Å². The second-order valence-electron chi connectivity index (χ2n) is 4.10. The van der Waals surface area contributed by atoms with Crippen LogP contribution in [-0.2, 0) is 11.3 Å². The molecular formula is C11H18N2O2. The molecule has 1 fully saturated rings. The molecule has 4 nitrogen and oxygen atoms in total. The second-order valence-corrected chi connectivity index (χ2v) is 4.10. The van der Waals surface area contributed by atoms with Crippen molar-refractivity contribution in [3.05, 3.63) is 17.5 Å². The fourth-order valence-corrected chi connectivity index (χ4v) is 1.85. The van der Waals surface area contributed by atoms with Crippen LogP contribution in [0.2, 0.25) is 0 Å². The Bertz CT molecular complexity index is 293. The summed E-state index contributed by atoms with van der Waals surface area (Å²) in [7, 11) is 0. The first-order valence-corrected chi connectivity index (χ1v) is 5.58. The van der Waals surface area contributed by atoms with Gasteiger partial charge in [0.2, 0.25) is 0 Å². The Hall–Kier alpha value is -0.870. The number of piperidine rings is 1. The number of rotatable bonds is 4. The zero-order chi connectivity index (χ0) is 10.5. The molecule has 0 aromatic carbocycles. The van der Waals surface area contributed by atoms with Crippen molar-refractivity contribution in [1.29, 1.82) is 0 Å². The lowest BCUT2D eigenvalue weighted by Gasteiger charge is -2.22. The third kappa shape index (κ3) is 3.32. The van der Waals surface area contributed by atoms with Gasteiger partial charge >= 0.3 is 0 Å². The smallest absolute Gasteiger partial charge is 0.162 e. The molecule has 1 unspecified atom stereocenters. The summed E-state index contributed by atoms with van der Waals surface area (Å²) in [5.41, 5.74) is 0.907. The number of hydrogen-bond donors (Lipinski definition) is 1. The lowest BCUT2D eigenvalue weighted by molar-refractivity contribution is 0.0760. The lowest BCUT2D eigenvalue weighted by atomic mass is 10.1. The molecule has 1 aromatic heterocycles. The normalized spacial score (nSPS) is 21.8. The second kappa shape index (κ2) is 5.28. The molecule has 84 valence electrons. The standard InChI is InChI=1S/C11H18N2O2/c1-9-6-11(15-13-9)8-14-7-10-4-2-3-5-12-10/h6,10,12H,2-5,7-8H2,1H3. The summed E-state index contributed by atoms with van der Waals surface area (Å²) in [5, 5.41) is 7.25. The van der Waals surface area contributed by atoms with Crippen LogP contribution in [0.4, 0.5) is 0 Å². The highest BCUT2D eigenvalue weighted by atomic mass is 16.5. The molecule has 1 atom stereocenters. The van der Waals surface area contributed by atoms with Crippen molar-refractivity contribution in [1.82, 2.24) is 10.5 Å². The Morgan fingerprint density at radius 2 is 2.53 bits per heavy atom. The van der Waals surface area contributed by atoms with E-state index in [4.69, 9.17) is 9.26 Å². The van der Waals surface area contributed by atoms with E-state index in [-0.39, 0.29) is 0 Å². The molecule has 0 saturated carbocycles. The molecule has 4 heteroatoms. The van der Waals surface area contributed by atoms with E-state index in [2.05, 4.69) is 10.5 Å². The summed E-state index contributed by atoms with van der Waals surface area (Å²) in [5.74, 6) is 0.809. The summed E-state index contributed by atoms with van der Waals surface area (Å²) in [4.78, 5) is 0. The zero-order valence-corrected chi connectivity index (χ0v) is 9.16. The number of nitrogens with zero attached hydrogens (tertiary/aromatic N) is 1.